The van der Waals surface area contributed by atoms with E-state index >= 15 is 0 Å². The standard InChI is InChI=1S/C25H28Cl2N2O3/c26-20-7-9-22(10-8-20)32-23-11-14-29(25(31)18-5-4-6-21(27)15-18)17-19(23)16-24(30)28-12-2-1-3-13-28/h4-10,15,19,23H,1-3,11-14,16-17H2/t19-,23-/m0/s1. The van der Waals surface area contributed by atoms with Gasteiger partial charge >= 0.3 is 0 Å². The lowest BCUT2D eigenvalue weighted by molar-refractivity contribution is -0.134. The molecule has 0 aliphatic carbocycles. The van der Waals surface area contributed by atoms with Crippen LogP contribution in [0.5, 0.6) is 5.75 Å². The van der Waals surface area contributed by atoms with Gasteiger partial charge in [0, 0.05) is 60.5 Å². The van der Waals surface area contributed by atoms with Gasteiger partial charge in [-0.1, -0.05) is 29.3 Å². The van der Waals surface area contributed by atoms with E-state index in [1.807, 2.05) is 21.9 Å². The maximum Gasteiger partial charge on any atom is 0.253 e. The monoisotopic (exact) mass is 474 g/mol. The molecule has 0 radical (unpaired) electrons. The highest BCUT2D eigenvalue weighted by Gasteiger charge is 2.35. The molecule has 2 aliphatic heterocycles. The maximum atomic E-state index is 13.1. The Hall–Kier alpha value is -2.24. The molecule has 0 unspecified atom stereocenters. The molecule has 4 rings (SSSR count). The molecule has 2 aromatic rings. The molecule has 2 aliphatic rings. The van der Waals surface area contributed by atoms with Crippen molar-refractivity contribution in [3.8, 4) is 5.75 Å². The summed E-state index contributed by atoms with van der Waals surface area (Å²) in [5.41, 5.74) is 0.565. The van der Waals surface area contributed by atoms with Crippen molar-refractivity contribution >= 4 is 35.0 Å². The second-order valence-electron chi connectivity index (χ2n) is 8.57. The zero-order chi connectivity index (χ0) is 22.5. The van der Waals surface area contributed by atoms with Crippen LogP contribution in [-0.2, 0) is 4.79 Å². The predicted molar refractivity (Wildman–Crippen MR) is 126 cm³/mol. The van der Waals surface area contributed by atoms with Crippen molar-refractivity contribution in [2.75, 3.05) is 26.2 Å². The van der Waals surface area contributed by atoms with E-state index in [1.54, 1.807) is 36.4 Å². The summed E-state index contributed by atoms with van der Waals surface area (Å²) in [6.45, 7) is 2.68. The third-order valence-corrected chi connectivity index (χ3v) is 6.76. The van der Waals surface area contributed by atoms with Crippen molar-refractivity contribution in [1.29, 1.82) is 0 Å². The number of nitrogens with zero attached hydrogens (tertiary/aromatic N) is 2. The molecule has 7 heteroatoms. The predicted octanol–water partition coefficient (Wildman–Crippen LogP) is 5.31. The van der Waals surface area contributed by atoms with Crippen LogP contribution < -0.4 is 4.74 Å². The zero-order valence-electron chi connectivity index (χ0n) is 18.0. The van der Waals surface area contributed by atoms with Gasteiger partial charge in [0.2, 0.25) is 5.91 Å². The van der Waals surface area contributed by atoms with Crippen molar-refractivity contribution in [1.82, 2.24) is 9.80 Å². The minimum Gasteiger partial charge on any atom is -0.490 e. The van der Waals surface area contributed by atoms with Crippen LogP contribution in [0.2, 0.25) is 10.0 Å². The van der Waals surface area contributed by atoms with Crippen molar-refractivity contribution in [2.45, 2.75) is 38.2 Å². The summed E-state index contributed by atoms with van der Waals surface area (Å²) >= 11 is 12.1. The first kappa shape index (κ1) is 22.9. The molecule has 5 nitrogen and oxygen atoms in total. The van der Waals surface area contributed by atoms with Gasteiger partial charge in [-0.25, -0.2) is 0 Å². The molecule has 2 fully saturated rings. The molecular formula is C25H28Cl2N2O3. The van der Waals surface area contributed by atoms with Gasteiger partial charge in [0.05, 0.1) is 0 Å². The van der Waals surface area contributed by atoms with Crippen LogP contribution >= 0.6 is 23.2 Å². The Morgan fingerprint density at radius 2 is 1.66 bits per heavy atom. The van der Waals surface area contributed by atoms with Crippen molar-refractivity contribution in [2.24, 2.45) is 5.92 Å². The molecule has 2 aromatic carbocycles. The highest BCUT2D eigenvalue weighted by atomic mass is 35.5. The molecule has 2 heterocycles. The molecule has 0 bridgehead atoms. The van der Waals surface area contributed by atoms with Gasteiger partial charge in [-0.05, 0) is 61.7 Å². The van der Waals surface area contributed by atoms with E-state index in [0.29, 0.717) is 41.5 Å². The summed E-state index contributed by atoms with van der Waals surface area (Å²) in [7, 11) is 0. The normalized spacial score (nSPS) is 21.3. The first-order valence-corrected chi connectivity index (χ1v) is 12.0. The molecular weight excluding hydrogens is 447 g/mol. The number of hydrogen-bond donors (Lipinski definition) is 0. The molecule has 2 amide bonds. The third kappa shape index (κ3) is 5.76. The molecule has 2 saturated heterocycles. The van der Waals surface area contributed by atoms with E-state index in [4.69, 9.17) is 27.9 Å². The van der Waals surface area contributed by atoms with Crippen LogP contribution in [0.3, 0.4) is 0 Å². The number of hydrogen-bond acceptors (Lipinski definition) is 3. The molecule has 32 heavy (non-hydrogen) atoms. The summed E-state index contributed by atoms with van der Waals surface area (Å²) in [6.07, 6.45) is 4.18. The Balaban J connectivity index is 1.49. The summed E-state index contributed by atoms with van der Waals surface area (Å²) in [4.78, 5) is 29.9. The number of amides is 2. The summed E-state index contributed by atoms with van der Waals surface area (Å²) in [5.74, 6) is 0.728. The van der Waals surface area contributed by atoms with E-state index < -0.39 is 0 Å². The number of rotatable bonds is 5. The average molecular weight is 475 g/mol. The Bertz CT molecular complexity index is 944. The van der Waals surface area contributed by atoms with Gasteiger partial charge in [-0.2, -0.15) is 0 Å². The fourth-order valence-corrected chi connectivity index (χ4v) is 4.85. The molecule has 0 saturated carbocycles. The van der Waals surface area contributed by atoms with Crippen LogP contribution in [0.25, 0.3) is 0 Å². The Labute approximate surface area is 199 Å². The molecule has 170 valence electrons. The number of piperidine rings is 2. The lowest BCUT2D eigenvalue weighted by atomic mass is 9.90. The maximum absolute atomic E-state index is 13.1. The van der Waals surface area contributed by atoms with Crippen molar-refractivity contribution in [3.63, 3.8) is 0 Å². The van der Waals surface area contributed by atoms with Gasteiger partial charge in [-0.15, -0.1) is 0 Å². The van der Waals surface area contributed by atoms with Gasteiger partial charge in [0.1, 0.15) is 11.9 Å². The van der Waals surface area contributed by atoms with Crippen LogP contribution in [0.15, 0.2) is 48.5 Å². The van der Waals surface area contributed by atoms with Crippen LogP contribution in [-0.4, -0.2) is 53.9 Å². The average Bonchev–Trinajstić information content (AvgIpc) is 2.81. The van der Waals surface area contributed by atoms with E-state index in [0.717, 1.165) is 31.7 Å². The number of carbonyl (C=O) groups is 2. The zero-order valence-corrected chi connectivity index (χ0v) is 19.5. The number of ether oxygens (including phenoxy) is 1. The second kappa shape index (κ2) is 10.6. The number of carbonyl (C=O) groups excluding carboxylic acids is 2. The quantitative estimate of drug-likeness (QED) is 0.590. The number of benzene rings is 2. The lowest BCUT2D eigenvalue weighted by Crippen LogP contribution is -2.49. The van der Waals surface area contributed by atoms with E-state index in [9.17, 15) is 9.59 Å². The van der Waals surface area contributed by atoms with Gasteiger partial charge < -0.3 is 14.5 Å². The van der Waals surface area contributed by atoms with Gasteiger partial charge in [-0.3, -0.25) is 9.59 Å². The molecule has 0 N–H and O–H groups in total. The second-order valence-corrected chi connectivity index (χ2v) is 9.44. The smallest absolute Gasteiger partial charge is 0.253 e. The van der Waals surface area contributed by atoms with Gasteiger partial charge in [0.15, 0.2) is 0 Å². The van der Waals surface area contributed by atoms with Crippen LogP contribution in [0.4, 0.5) is 0 Å². The van der Waals surface area contributed by atoms with Crippen LogP contribution in [0.1, 0.15) is 42.5 Å². The number of halogens is 2. The van der Waals surface area contributed by atoms with Crippen molar-refractivity contribution < 1.29 is 14.3 Å². The Kier molecular flexibility index (Phi) is 7.59. The number of likely N-dealkylation sites (tertiary alicyclic amines) is 2. The highest BCUT2D eigenvalue weighted by Crippen LogP contribution is 2.28. The minimum atomic E-state index is -0.145. The summed E-state index contributed by atoms with van der Waals surface area (Å²) in [5, 5.41) is 1.18. The fraction of sp³-hybridized carbons (Fsp3) is 0.440. The van der Waals surface area contributed by atoms with Gasteiger partial charge in [0.25, 0.3) is 5.91 Å². The summed E-state index contributed by atoms with van der Waals surface area (Å²) in [6, 6.07) is 14.3. The van der Waals surface area contributed by atoms with Crippen molar-refractivity contribution in [3.05, 3.63) is 64.1 Å². The van der Waals surface area contributed by atoms with Crippen LogP contribution in [0, 0.1) is 5.92 Å². The fourth-order valence-electron chi connectivity index (χ4n) is 4.54. The lowest BCUT2D eigenvalue weighted by Gasteiger charge is -2.39. The SMILES string of the molecule is O=C(C[C@H]1CN(C(=O)c2cccc(Cl)c2)CC[C@@H]1Oc1ccc(Cl)cc1)N1CCCCC1. The summed E-state index contributed by atoms with van der Waals surface area (Å²) < 4.78 is 6.28. The third-order valence-electron chi connectivity index (χ3n) is 6.27. The highest BCUT2D eigenvalue weighted by molar-refractivity contribution is 6.31. The topological polar surface area (TPSA) is 49.9 Å². The largest absolute Gasteiger partial charge is 0.490 e. The first-order valence-electron chi connectivity index (χ1n) is 11.2. The molecule has 2 atom stereocenters. The van der Waals surface area contributed by atoms with E-state index in [-0.39, 0.29) is 23.8 Å². The Morgan fingerprint density at radius 3 is 2.38 bits per heavy atom. The molecule has 0 aromatic heterocycles. The Morgan fingerprint density at radius 1 is 0.906 bits per heavy atom. The van der Waals surface area contributed by atoms with E-state index in [2.05, 4.69) is 0 Å². The molecule has 0 spiro atoms. The first-order chi connectivity index (χ1) is 15.5. The minimum absolute atomic E-state index is 0.0622. The van der Waals surface area contributed by atoms with E-state index in [1.165, 1.54) is 6.42 Å².